The molecule has 0 aliphatic rings. The highest BCUT2D eigenvalue weighted by atomic mass is 16.5. The van der Waals surface area contributed by atoms with Crippen LogP contribution >= 0.6 is 0 Å². The summed E-state index contributed by atoms with van der Waals surface area (Å²) in [6, 6.07) is 7.59. The second-order valence-electron chi connectivity index (χ2n) is 3.89. The van der Waals surface area contributed by atoms with Crippen molar-refractivity contribution in [3.8, 4) is 0 Å². The zero-order chi connectivity index (χ0) is 14.3. The van der Waals surface area contributed by atoms with E-state index in [1.807, 2.05) is 0 Å². The lowest BCUT2D eigenvalue weighted by molar-refractivity contribution is -0.308. The molecule has 0 heterocycles. The first-order valence-electron chi connectivity index (χ1n) is 5.92. The van der Waals surface area contributed by atoms with Crippen LogP contribution in [0.3, 0.4) is 0 Å². The van der Waals surface area contributed by atoms with Crippen LogP contribution in [0.4, 0.5) is 0 Å². The third kappa shape index (κ3) is 4.83. The fourth-order valence-corrected chi connectivity index (χ4v) is 1.55. The molecule has 1 N–H and O–H groups in total. The molecule has 5 heteroatoms. The summed E-state index contributed by atoms with van der Waals surface area (Å²) in [4.78, 5) is 22.4. The monoisotopic (exact) mass is 262 g/mol. The SMILES string of the molecule is CCOC(=O)C=C(C)NC(C(=O)[O-])c1ccccc1. The van der Waals surface area contributed by atoms with Crippen LogP contribution in [-0.4, -0.2) is 18.5 Å². The minimum Gasteiger partial charge on any atom is -0.548 e. The number of allylic oxidation sites excluding steroid dienone is 1. The van der Waals surface area contributed by atoms with E-state index in [2.05, 4.69) is 5.32 Å². The quantitative estimate of drug-likeness (QED) is 0.598. The number of hydrogen-bond donors (Lipinski definition) is 1. The largest absolute Gasteiger partial charge is 0.548 e. The topological polar surface area (TPSA) is 78.5 Å². The Hall–Kier alpha value is -2.30. The van der Waals surface area contributed by atoms with Crippen LogP contribution < -0.4 is 10.4 Å². The number of aliphatic carboxylic acids is 1. The number of benzene rings is 1. The maximum absolute atomic E-state index is 11.2. The minimum absolute atomic E-state index is 0.269. The molecule has 102 valence electrons. The Kier molecular flexibility index (Phi) is 5.60. The van der Waals surface area contributed by atoms with Crippen LogP contribution in [0.25, 0.3) is 0 Å². The first kappa shape index (κ1) is 14.8. The molecule has 1 aromatic carbocycles. The summed E-state index contributed by atoms with van der Waals surface area (Å²) >= 11 is 0. The van der Waals surface area contributed by atoms with Crippen molar-refractivity contribution >= 4 is 11.9 Å². The highest BCUT2D eigenvalue weighted by molar-refractivity contribution is 5.83. The second kappa shape index (κ2) is 7.20. The molecule has 0 amide bonds. The van der Waals surface area contributed by atoms with Crippen LogP contribution in [0.15, 0.2) is 42.1 Å². The molecular formula is C14H16NO4-. The number of nitrogens with one attached hydrogen (secondary N) is 1. The molecule has 1 atom stereocenters. The number of carboxylic acids is 1. The lowest BCUT2D eigenvalue weighted by Gasteiger charge is -2.21. The Morgan fingerprint density at radius 3 is 2.53 bits per heavy atom. The molecule has 19 heavy (non-hydrogen) atoms. The van der Waals surface area contributed by atoms with Gasteiger partial charge in [-0.1, -0.05) is 30.3 Å². The van der Waals surface area contributed by atoms with Gasteiger partial charge in [-0.05, 0) is 19.4 Å². The van der Waals surface area contributed by atoms with Crippen molar-refractivity contribution in [2.75, 3.05) is 6.61 Å². The summed E-state index contributed by atoms with van der Waals surface area (Å²) in [5, 5.41) is 13.9. The molecule has 1 rings (SSSR count). The van der Waals surface area contributed by atoms with Crippen molar-refractivity contribution in [2.24, 2.45) is 0 Å². The van der Waals surface area contributed by atoms with E-state index in [1.54, 1.807) is 44.2 Å². The van der Waals surface area contributed by atoms with E-state index in [0.717, 1.165) is 0 Å². The molecule has 0 aliphatic carbocycles. The van der Waals surface area contributed by atoms with Gasteiger partial charge in [0, 0.05) is 11.8 Å². The Labute approximate surface area is 111 Å². The van der Waals surface area contributed by atoms with Crippen molar-refractivity contribution in [1.82, 2.24) is 5.32 Å². The maximum atomic E-state index is 11.2. The number of carbonyl (C=O) groups is 2. The third-order valence-corrected chi connectivity index (χ3v) is 2.36. The van der Waals surface area contributed by atoms with E-state index in [1.165, 1.54) is 6.08 Å². The Morgan fingerprint density at radius 2 is 2.00 bits per heavy atom. The fraction of sp³-hybridized carbons (Fsp3) is 0.286. The molecule has 0 spiro atoms. The van der Waals surface area contributed by atoms with Crippen molar-refractivity contribution in [1.29, 1.82) is 0 Å². The first-order valence-corrected chi connectivity index (χ1v) is 5.92. The van der Waals surface area contributed by atoms with Crippen LogP contribution in [0, 0.1) is 0 Å². The van der Waals surface area contributed by atoms with Crippen LogP contribution in [0.5, 0.6) is 0 Å². The van der Waals surface area contributed by atoms with Gasteiger partial charge in [0.1, 0.15) is 0 Å². The molecule has 0 aliphatic heterocycles. The summed E-state index contributed by atoms with van der Waals surface area (Å²) < 4.78 is 4.74. The van der Waals surface area contributed by atoms with E-state index < -0.39 is 18.0 Å². The predicted octanol–water partition coefficient (Wildman–Crippen LogP) is 0.534. The highest BCUT2D eigenvalue weighted by Crippen LogP contribution is 2.13. The van der Waals surface area contributed by atoms with Crippen molar-refractivity contribution in [2.45, 2.75) is 19.9 Å². The van der Waals surface area contributed by atoms with E-state index in [-0.39, 0.29) is 6.61 Å². The van der Waals surface area contributed by atoms with E-state index in [9.17, 15) is 14.7 Å². The molecule has 1 aromatic rings. The highest BCUT2D eigenvalue weighted by Gasteiger charge is 2.12. The fourth-order valence-electron chi connectivity index (χ4n) is 1.55. The molecule has 0 saturated heterocycles. The average Bonchev–Trinajstić information content (AvgIpc) is 2.37. The number of carboxylic acid groups (broad SMARTS) is 1. The van der Waals surface area contributed by atoms with Gasteiger partial charge in [0.15, 0.2) is 0 Å². The summed E-state index contributed by atoms with van der Waals surface area (Å²) in [5.41, 5.74) is 0.954. The lowest BCUT2D eigenvalue weighted by atomic mass is 10.1. The maximum Gasteiger partial charge on any atom is 0.332 e. The van der Waals surface area contributed by atoms with Gasteiger partial charge in [-0.2, -0.15) is 0 Å². The van der Waals surface area contributed by atoms with Crippen LogP contribution in [0.1, 0.15) is 25.5 Å². The Balaban J connectivity index is 2.81. The van der Waals surface area contributed by atoms with Crippen molar-refractivity contribution < 1.29 is 19.4 Å². The Morgan fingerprint density at radius 1 is 1.37 bits per heavy atom. The molecule has 1 unspecified atom stereocenters. The molecule has 0 fully saturated rings. The molecule has 5 nitrogen and oxygen atoms in total. The van der Waals surface area contributed by atoms with Gasteiger partial charge < -0.3 is 20.0 Å². The van der Waals surface area contributed by atoms with Gasteiger partial charge in [-0.3, -0.25) is 0 Å². The summed E-state index contributed by atoms with van der Waals surface area (Å²) in [6.45, 7) is 3.56. The molecule has 0 radical (unpaired) electrons. The first-order chi connectivity index (χ1) is 9.04. The zero-order valence-electron chi connectivity index (χ0n) is 10.9. The number of esters is 1. The van der Waals surface area contributed by atoms with Crippen molar-refractivity contribution in [3.05, 3.63) is 47.7 Å². The second-order valence-corrected chi connectivity index (χ2v) is 3.89. The van der Waals surface area contributed by atoms with Gasteiger partial charge in [-0.15, -0.1) is 0 Å². The van der Waals surface area contributed by atoms with Gasteiger partial charge >= 0.3 is 5.97 Å². The molecule has 0 saturated carbocycles. The minimum atomic E-state index is -1.26. The smallest absolute Gasteiger partial charge is 0.332 e. The standard InChI is InChI=1S/C14H17NO4/c1-3-19-12(16)9-10(2)15-13(14(17)18)11-7-5-4-6-8-11/h4-9,13,15H,3H2,1-2H3,(H,17,18)/p-1. The van der Waals surface area contributed by atoms with Gasteiger partial charge in [0.2, 0.25) is 0 Å². The van der Waals surface area contributed by atoms with E-state index in [4.69, 9.17) is 4.74 Å². The van der Waals surface area contributed by atoms with Crippen molar-refractivity contribution in [3.63, 3.8) is 0 Å². The number of carbonyl (C=O) groups excluding carboxylic acids is 2. The summed E-state index contributed by atoms with van der Waals surface area (Å²) in [5.74, 6) is -1.78. The van der Waals surface area contributed by atoms with Gasteiger partial charge in [0.05, 0.1) is 18.6 Å². The van der Waals surface area contributed by atoms with Crippen LogP contribution in [0.2, 0.25) is 0 Å². The summed E-state index contributed by atoms with van der Waals surface area (Å²) in [6.07, 6.45) is 1.21. The number of hydrogen-bond acceptors (Lipinski definition) is 5. The molecule has 0 aromatic heterocycles. The van der Waals surface area contributed by atoms with E-state index in [0.29, 0.717) is 11.3 Å². The third-order valence-electron chi connectivity index (χ3n) is 2.36. The lowest BCUT2D eigenvalue weighted by Crippen LogP contribution is -2.38. The van der Waals surface area contributed by atoms with Gasteiger partial charge in [-0.25, -0.2) is 4.79 Å². The van der Waals surface area contributed by atoms with E-state index >= 15 is 0 Å². The number of rotatable bonds is 6. The average molecular weight is 262 g/mol. The zero-order valence-corrected chi connectivity index (χ0v) is 10.9. The molecular weight excluding hydrogens is 246 g/mol. The summed E-state index contributed by atoms with van der Waals surface area (Å²) in [7, 11) is 0. The number of ether oxygens (including phenoxy) is 1. The normalized spacial score (nSPS) is 12.6. The Bertz CT molecular complexity index is 468. The predicted molar refractivity (Wildman–Crippen MR) is 67.7 cm³/mol. The van der Waals surface area contributed by atoms with Crippen LogP contribution in [-0.2, 0) is 14.3 Å². The molecule has 0 bridgehead atoms. The van der Waals surface area contributed by atoms with Gasteiger partial charge in [0.25, 0.3) is 0 Å².